The largest absolute Gasteiger partial charge is 0.480 e. The molecule has 2 fully saturated rings. The van der Waals surface area contributed by atoms with Crippen molar-refractivity contribution in [2.24, 2.45) is 11.7 Å². The van der Waals surface area contributed by atoms with Crippen molar-refractivity contribution in [3.63, 3.8) is 0 Å². The van der Waals surface area contributed by atoms with Crippen molar-refractivity contribution >= 4 is 27.8 Å². The molecule has 0 saturated carbocycles. The molecule has 2 aliphatic heterocycles. The number of rotatable bonds is 4. The maximum atomic E-state index is 12.5. The van der Waals surface area contributed by atoms with Crippen LogP contribution in [-0.2, 0) is 24.2 Å². The molecule has 4 N–H and O–H groups in total. The van der Waals surface area contributed by atoms with E-state index in [1.54, 1.807) is 0 Å². The maximum Gasteiger partial charge on any atom is 0.404 e. The van der Waals surface area contributed by atoms with Crippen LogP contribution in [-0.4, -0.2) is 70.9 Å². The van der Waals surface area contributed by atoms with Gasteiger partial charge < -0.3 is 25.6 Å². The molecule has 4 atom stereocenters. The molecule has 11 heteroatoms. The van der Waals surface area contributed by atoms with Gasteiger partial charge in [0.2, 0.25) is 5.91 Å². The molecule has 0 spiro atoms. The number of aliphatic hydroxyl groups excluding tert-OH is 1. The van der Waals surface area contributed by atoms with Crippen LogP contribution < -0.4 is 5.73 Å². The van der Waals surface area contributed by atoms with Crippen molar-refractivity contribution in [3.8, 4) is 0 Å². The average molecular weight is 322 g/mol. The summed E-state index contributed by atoms with van der Waals surface area (Å²) in [5, 5.41) is 16.9. The Kier molecular flexibility index (Phi) is 3.37. The van der Waals surface area contributed by atoms with E-state index in [0.717, 1.165) is 6.92 Å². The Morgan fingerprint density at radius 1 is 1.48 bits per heavy atom. The highest BCUT2D eigenvalue weighted by atomic mass is 32.2. The van der Waals surface area contributed by atoms with Gasteiger partial charge in [-0.2, -0.15) is 0 Å². The first-order valence-corrected chi connectivity index (χ1v) is 7.45. The number of carbonyl (C=O) groups excluding carboxylic acids is 2. The molecular formula is C10H14N2O8S. The number of nitrogens with zero attached hydrogens (tertiary/aromatic N) is 1. The van der Waals surface area contributed by atoms with E-state index in [1.807, 2.05) is 0 Å². The zero-order valence-corrected chi connectivity index (χ0v) is 11.7. The lowest BCUT2D eigenvalue weighted by Crippen LogP contribution is -2.64. The Bertz CT molecular complexity index is 617. The van der Waals surface area contributed by atoms with Crippen molar-refractivity contribution in [1.82, 2.24) is 4.90 Å². The molecule has 2 amide bonds. The molecule has 0 bridgehead atoms. The van der Waals surface area contributed by atoms with E-state index < -0.39 is 63.1 Å². The molecule has 0 aromatic rings. The van der Waals surface area contributed by atoms with Gasteiger partial charge in [0.25, 0.3) is 0 Å². The zero-order valence-electron chi connectivity index (χ0n) is 10.9. The second-order valence-corrected chi connectivity index (χ2v) is 7.64. The predicted octanol–water partition coefficient (Wildman–Crippen LogP) is -2.50. The molecule has 118 valence electrons. The summed E-state index contributed by atoms with van der Waals surface area (Å²) in [5.41, 5.74) is 4.78. The average Bonchev–Trinajstić information content (AvgIpc) is 2.52. The summed E-state index contributed by atoms with van der Waals surface area (Å²) >= 11 is 0. The van der Waals surface area contributed by atoms with E-state index in [2.05, 4.69) is 4.74 Å². The molecule has 0 aliphatic carbocycles. The number of hydrogen-bond donors (Lipinski definition) is 3. The van der Waals surface area contributed by atoms with Gasteiger partial charge in [-0.1, -0.05) is 0 Å². The standard InChI is InChI=1S/C10H14N2O8S/c1-10(3-20-9(11)17)5(8(15)16)12-6(14)4(2-13)7(12)21(10,18)19/h4-5,7,13H,2-3H2,1H3,(H2,11,17)(H,15,16)/t4-,5+,7-,10+/m1/s1. The van der Waals surface area contributed by atoms with Crippen LogP contribution >= 0.6 is 0 Å². The van der Waals surface area contributed by atoms with Gasteiger partial charge in [-0.3, -0.25) is 4.79 Å². The van der Waals surface area contributed by atoms with Gasteiger partial charge in [0.05, 0.1) is 12.5 Å². The van der Waals surface area contributed by atoms with Gasteiger partial charge in [0.1, 0.15) is 16.7 Å². The third-order valence-corrected chi connectivity index (χ3v) is 6.78. The van der Waals surface area contributed by atoms with Crippen molar-refractivity contribution in [3.05, 3.63) is 0 Å². The van der Waals surface area contributed by atoms with Crippen LogP contribution in [0.15, 0.2) is 0 Å². The van der Waals surface area contributed by atoms with E-state index in [9.17, 15) is 27.9 Å². The normalized spacial score (nSPS) is 36.8. The number of primary amides is 1. The fourth-order valence-electron chi connectivity index (χ4n) is 2.84. The number of amides is 2. The minimum atomic E-state index is -4.18. The van der Waals surface area contributed by atoms with Crippen LogP contribution in [0.25, 0.3) is 0 Å². The van der Waals surface area contributed by atoms with Crippen LogP contribution in [0.4, 0.5) is 4.79 Å². The minimum absolute atomic E-state index is 0.697. The molecule has 2 rings (SSSR count). The van der Waals surface area contributed by atoms with E-state index >= 15 is 0 Å². The second-order valence-electron chi connectivity index (χ2n) is 5.13. The molecule has 10 nitrogen and oxygen atoms in total. The van der Waals surface area contributed by atoms with Crippen LogP contribution in [0.1, 0.15) is 6.92 Å². The molecule has 2 aliphatic rings. The SMILES string of the molecule is C[C@]1(COC(N)=O)[C@H](C(=O)O)N2C(=O)[C@@H](CO)[C@H]2S1(=O)=O. The Morgan fingerprint density at radius 3 is 2.48 bits per heavy atom. The lowest BCUT2D eigenvalue weighted by molar-refractivity contribution is -0.165. The number of carboxylic acid groups (broad SMARTS) is 1. The molecule has 2 saturated heterocycles. The smallest absolute Gasteiger partial charge is 0.404 e. The number of carboxylic acids is 1. The van der Waals surface area contributed by atoms with Gasteiger partial charge in [-0.05, 0) is 6.92 Å². The third kappa shape index (κ3) is 1.80. The van der Waals surface area contributed by atoms with Gasteiger partial charge in [0, 0.05) is 0 Å². The van der Waals surface area contributed by atoms with Crippen molar-refractivity contribution in [2.75, 3.05) is 13.2 Å². The molecule has 0 aromatic carbocycles. The van der Waals surface area contributed by atoms with E-state index in [1.165, 1.54) is 0 Å². The van der Waals surface area contributed by atoms with Gasteiger partial charge in [0.15, 0.2) is 15.9 Å². The Morgan fingerprint density at radius 2 is 2.05 bits per heavy atom. The summed E-state index contributed by atoms with van der Waals surface area (Å²) in [6.07, 6.45) is -1.25. The fourth-order valence-corrected chi connectivity index (χ4v) is 5.30. The highest BCUT2D eigenvalue weighted by Crippen LogP contribution is 2.48. The Labute approximate surface area is 119 Å². The van der Waals surface area contributed by atoms with E-state index in [4.69, 9.17) is 10.8 Å². The number of hydrogen-bond acceptors (Lipinski definition) is 7. The molecule has 0 aromatic heterocycles. The van der Waals surface area contributed by atoms with Gasteiger partial charge >= 0.3 is 12.1 Å². The summed E-state index contributed by atoms with van der Waals surface area (Å²) in [5.74, 6) is -3.50. The third-order valence-electron chi connectivity index (χ3n) is 3.95. The van der Waals surface area contributed by atoms with E-state index in [-0.39, 0.29) is 0 Å². The Hall–Kier alpha value is -1.88. The number of β-lactam (4-membered cyclic amide) rings is 1. The summed E-state index contributed by atoms with van der Waals surface area (Å²) in [4.78, 5) is 34.6. The summed E-state index contributed by atoms with van der Waals surface area (Å²) in [6.45, 7) is -0.428. The summed E-state index contributed by atoms with van der Waals surface area (Å²) < 4.78 is 27.5. The van der Waals surface area contributed by atoms with Crippen molar-refractivity contribution in [1.29, 1.82) is 0 Å². The van der Waals surface area contributed by atoms with Crippen molar-refractivity contribution < 1.29 is 37.8 Å². The lowest BCUT2D eigenvalue weighted by Gasteiger charge is -2.41. The predicted molar refractivity (Wildman–Crippen MR) is 65.5 cm³/mol. The number of ether oxygens (including phenoxy) is 1. The van der Waals surface area contributed by atoms with Crippen LogP contribution in [0, 0.1) is 5.92 Å². The summed E-state index contributed by atoms with van der Waals surface area (Å²) in [7, 11) is -4.18. The molecule has 0 unspecified atom stereocenters. The quantitative estimate of drug-likeness (QED) is 0.478. The first-order chi connectivity index (χ1) is 9.59. The van der Waals surface area contributed by atoms with Gasteiger partial charge in [-0.25, -0.2) is 18.0 Å². The monoisotopic (exact) mass is 322 g/mol. The van der Waals surface area contributed by atoms with Gasteiger partial charge in [-0.15, -0.1) is 0 Å². The van der Waals surface area contributed by atoms with Crippen LogP contribution in [0.2, 0.25) is 0 Å². The zero-order chi connectivity index (χ0) is 16.2. The number of carbonyl (C=O) groups is 3. The second kappa shape index (κ2) is 4.56. The summed E-state index contributed by atoms with van der Waals surface area (Å²) in [6, 6.07) is -1.71. The number of aliphatic carboxylic acids is 1. The molecular weight excluding hydrogens is 308 g/mol. The number of fused-ring (bicyclic) bond motifs is 1. The van der Waals surface area contributed by atoms with Crippen LogP contribution in [0.3, 0.4) is 0 Å². The molecule has 0 radical (unpaired) electrons. The fraction of sp³-hybridized carbons (Fsp3) is 0.700. The number of sulfone groups is 1. The number of nitrogens with two attached hydrogens (primary N) is 1. The maximum absolute atomic E-state index is 12.5. The first kappa shape index (κ1) is 15.5. The first-order valence-electron chi connectivity index (χ1n) is 5.91. The molecule has 21 heavy (non-hydrogen) atoms. The Balaban J connectivity index is 2.50. The number of aliphatic hydroxyl groups is 1. The molecule has 2 heterocycles. The van der Waals surface area contributed by atoms with E-state index in [0.29, 0.717) is 4.90 Å². The lowest BCUT2D eigenvalue weighted by atomic mass is 9.92. The highest BCUT2D eigenvalue weighted by molar-refractivity contribution is 7.94. The topological polar surface area (TPSA) is 164 Å². The minimum Gasteiger partial charge on any atom is -0.480 e. The highest BCUT2D eigenvalue weighted by Gasteiger charge is 2.73. The van der Waals surface area contributed by atoms with Crippen LogP contribution in [0.5, 0.6) is 0 Å². The van der Waals surface area contributed by atoms with Crippen molar-refractivity contribution in [2.45, 2.75) is 23.1 Å².